The van der Waals surface area contributed by atoms with E-state index in [1.807, 2.05) is 6.92 Å². The van der Waals surface area contributed by atoms with Gasteiger partial charge in [0, 0.05) is 12.6 Å². The fraction of sp³-hybridized carbons (Fsp3) is 0.615. The maximum Gasteiger partial charge on any atom is 0.330 e. The predicted molar refractivity (Wildman–Crippen MR) is 80.2 cm³/mol. The van der Waals surface area contributed by atoms with Crippen molar-refractivity contribution in [1.29, 1.82) is 0 Å². The van der Waals surface area contributed by atoms with Gasteiger partial charge in [-0.2, -0.15) is 4.98 Å². The van der Waals surface area contributed by atoms with E-state index in [4.69, 9.17) is 5.84 Å². The number of hydrogen-bond donors (Lipinski definition) is 3. The molecule has 0 amide bonds. The largest absolute Gasteiger partial charge is 0.330 e. The van der Waals surface area contributed by atoms with Crippen LogP contribution in [0.15, 0.2) is 9.59 Å². The number of nitrogens with zero attached hydrogens (tertiary/aromatic N) is 3. The van der Waals surface area contributed by atoms with Gasteiger partial charge in [-0.3, -0.25) is 19.8 Å². The molecule has 1 aliphatic rings. The minimum absolute atomic E-state index is 0.0939. The number of aryl methyl sites for hydroxylation is 1. The number of nitrogens with two attached hydrogens (primary N) is 1. The molecule has 2 heterocycles. The summed E-state index contributed by atoms with van der Waals surface area (Å²) >= 11 is 0. The zero-order valence-electron chi connectivity index (χ0n) is 12.1. The Hall–Kier alpha value is -2.09. The molecule has 0 saturated heterocycles. The summed E-state index contributed by atoms with van der Waals surface area (Å²) in [5.74, 6) is 5.87. The average molecular weight is 292 g/mol. The van der Waals surface area contributed by atoms with Crippen LogP contribution in [0.4, 0.5) is 5.95 Å². The lowest BCUT2D eigenvalue weighted by molar-refractivity contribution is 0.349. The van der Waals surface area contributed by atoms with E-state index in [1.54, 1.807) is 9.13 Å². The number of nitrogens with one attached hydrogen (secondary N) is 2. The van der Waals surface area contributed by atoms with E-state index in [9.17, 15) is 9.59 Å². The van der Waals surface area contributed by atoms with Crippen LogP contribution in [0.5, 0.6) is 0 Å². The van der Waals surface area contributed by atoms with Crippen LogP contribution in [0.2, 0.25) is 0 Å². The van der Waals surface area contributed by atoms with Crippen molar-refractivity contribution in [3.05, 3.63) is 20.8 Å². The van der Waals surface area contributed by atoms with Crippen LogP contribution in [0.1, 0.15) is 45.1 Å². The second kappa shape index (κ2) is 5.36. The van der Waals surface area contributed by atoms with Crippen molar-refractivity contribution < 1.29 is 0 Å². The summed E-state index contributed by atoms with van der Waals surface area (Å²) in [4.78, 5) is 31.2. The lowest BCUT2D eigenvalue weighted by atomic mass is 9.95. The Kier molecular flexibility index (Phi) is 3.54. The van der Waals surface area contributed by atoms with Gasteiger partial charge in [-0.1, -0.05) is 19.3 Å². The van der Waals surface area contributed by atoms with E-state index in [2.05, 4.69) is 15.4 Å². The highest BCUT2D eigenvalue weighted by atomic mass is 16.2. The van der Waals surface area contributed by atoms with E-state index >= 15 is 0 Å². The van der Waals surface area contributed by atoms with Gasteiger partial charge in [0.1, 0.15) is 0 Å². The number of hydrazine groups is 1. The van der Waals surface area contributed by atoms with Crippen LogP contribution >= 0.6 is 0 Å². The Morgan fingerprint density at radius 3 is 2.67 bits per heavy atom. The first-order chi connectivity index (χ1) is 10.2. The highest BCUT2D eigenvalue weighted by Crippen LogP contribution is 2.29. The van der Waals surface area contributed by atoms with Gasteiger partial charge >= 0.3 is 5.69 Å². The first-order valence-corrected chi connectivity index (χ1v) is 7.39. The minimum Gasteiger partial charge on any atom is -0.304 e. The Morgan fingerprint density at radius 1 is 1.33 bits per heavy atom. The molecule has 0 spiro atoms. The summed E-state index contributed by atoms with van der Waals surface area (Å²) in [5.41, 5.74) is 2.51. The van der Waals surface area contributed by atoms with Crippen molar-refractivity contribution >= 4 is 17.1 Å². The molecule has 1 fully saturated rings. The van der Waals surface area contributed by atoms with E-state index in [1.165, 1.54) is 6.42 Å². The number of aromatic amines is 1. The fourth-order valence-electron chi connectivity index (χ4n) is 3.24. The number of fused-ring (bicyclic) bond motifs is 1. The Bertz CT molecular complexity index is 765. The molecule has 0 atom stereocenters. The third-order valence-corrected chi connectivity index (χ3v) is 4.22. The van der Waals surface area contributed by atoms with Gasteiger partial charge in [0.25, 0.3) is 5.56 Å². The fourth-order valence-corrected chi connectivity index (χ4v) is 3.24. The van der Waals surface area contributed by atoms with Crippen LogP contribution in [-0.4, -0.2) is 19.1 Å². The van der Waals surface area contributed by atoms with Crippen LogP contribution in [-0.2, 0) is 6.54 Å². The van der Waals surface area contributed by atoms with E-state index in [0.29, 0.717) is 23.7 Å². The zero-order valence-corrected chi connectivity index (χ0v) is 12.1. The van der Waals surface area contributed by atoms with Crippen molar-refractivity contribution in [2.75, 3.05) is 5.43 Å². The lowest BCUT2D eigenvalue weighted by Crippen LogP contribution is -2.34. The topological polar surface area (TPSA) is 111 Å². The minimum atomic E-state index is -0.419. The van der Waals surface area contributed by atoms with E-state index < -0.39 is 5.56 Å². The van der Waals surface area contributed by atoms with Gasteiger partial charge in [0.2, 0.25) is 5.95 Å². The van der Waals surface area contributed by atoms with Gasteiger partial charge in [0.05, 0.1) is 0 Å². The monoisotopic (exact) mass is 292 g/mol. The summed E-state index contributed by atoms with van der Waals surface area (Å²) < 4.78 is 3.32. The highest BCUT2D eigenvalue weighted by molar-refractivity contribution is 5.74. The molecule has 1 aliphatic carbocycles. The molecule has 0 aromatic carbocycles. The standard InChI is InChI=1S/C13H20N6O2/c1-2-18-9-10(15-12(18)17-14)19(13(21)16-11(9)20)8-6-4-3-5-7-8/h8H,2-7,14H2,1H3,(H,15,17)(H,16,20,21). The number of rotatable bonds is 3. The van der Waals surface area contributed by atoms with Crippen LogP contribution in [0, 0.1) is 0 Å². The molecule has 114 valence electrons. The Labute approximate surface area is 120 Å². The number of anilines is 1. The molecule has 0 aliphatic heterocycles. The molecule has 4 N–H and O–H groups in total. The summed E-state index contributed by atoms with van der Waals surface area (Å²) in [7, 11) is 0. The van der Waals surface area contributed by atoms with Gasteiger partial charge in [-0.25, -0.2) is 10.6 Å². The number of imidazole rings is 1. The maximum atomic E-state index is 12.3. The molecular weight excluding hydrogens is 272 g/mol. The van der Waals surface area contributed by atoms with Gasteiger partial charge in [-0.05, 0) is 19.8 Å². The van der Waals surface area contributed by atoms with Crippen molar-refractivity contribution in [3.8, 4) is 0 Å². The molecule has 2 aromatic heterocycles. The van der Waals surface area contributed by atoms with Crippen molar-refractivity contribution in [2.45, 2.75) is 51.6 Å². The first-order valence-electron chi connectivity index (χ1n) is 7.39. The molecule has 8 heteroatoms. The predicted octanol–water partition coefficient (Wildman–Crippen LogP) is 0.697. The number of hydrogen-bond acceptors (Lipinski definition) is 5. The van der Waals surface area contributed by atoms with Crippen molar-refractivity contribution in [2.24, 2.45) is 5.84 Å². The van der Waals surface area contributed by atoms with Crippen LogP contribution in [0.25, 0.3) is 11.2 Å². The molecule has 0 radical (unpaired) electrons. The van der Waals surface area contributed by atoms with E-state index in [-0.39, 0.29) is 11.7 Å². The van der Waals surface area contributed by atoms with Crippen LogP contribution < -0.4 is 22.5 Å². The molecule has 2 aromatic rings. The summed E-state index contributed by atoms with van der Waals surface area (Å²) in [5, 5.41) is 0. The first kappa shape index (κ1) is 13.9. The SMILES string of the molecule is CCn1c(NN)nc2c1c(=O)[nH]c(=O)n2C1CCCCC1. The van der Waals surface area contributed by atoms with Gasteiger partial charge < -0.3 is 4.57 Å². The summed E-state index contributed by atoms with van der Waals surface area (Å²) in [6.45, 7) is 2.44. The Balaban J connectivity index is 2.31. The number of nitrogen functional groups attached to an aromatic ring is 1. The second-order valence-corrected chi connectivity index (χ2v) is 5.42. The molecule has 0 unspecified atom stereocenters. The normalized spacial score (nSPS) is 16.5. The third kappa shape index (κ3) is 2.15. The Morgan fingerprint density at radius 2 is 2.05 bits per heavy atom. The maximum absolute atomic E-state index is 12.3. The van der Waals surface area contributed by atoms with Gasteiger partial charge in [-0.15, -0.1) is 0 Å². The van der Waals surface area contributed by atoms with Crippen molar-refractivity contribution in [1.82, 2.24) is 19.1 Å². The second-order valence-electron chi connectivity index (χ2n) is 5.42. The lowest BCUT2D eigenvalue weighted by Gasteiger charge is -2.23. The molecule has 3 rings (SSSR count). The molecule has 1 saturated carbocycles. The quantitative estimate of drug-likeness (QED) is 0.569. The van der Waals surface area contributed by atoms with E-state index in [0.717, 1.165) is 25.7 Å². The zero-order chi connectivity index (χ0) is 15.0. The molecule has 21 heavy (non-hydrogen) atoms. The van der Waals surface area contributed by atoms with Gasteiger partial charge in [0.15, 0.2) is 11.2 Å². The smallest absolute Gasteiger partial charge is 0.304 e. The molecular formula is C13H20N6O2. The third-order valence-electron chi connectivity index (χ3n) is 4.22. The summed E-state index contributed by atoms with van der Waals surface area (Å²) in [6, 6.07) is 0.0939. The number of aromatic nitrogens is 4. The van der Waals surface area contributed by atoms with Crippen LogP contribution in [0.3, 0.4) is 0 Å². The highest BCUT2D eigenvalue weighted by Gasteiger charge is 2.23. The summed E-state index contributed by atoms with van der Waals surface area (Å²) in [6.07, 6.45) is 5.25. The average Bonchev–Trinajstić information content (AvgIpc) is 2.87. The molecule has 0 bridgehead atoms. The number of H-pyrrole nitrogens is 1. The molecule has 8 nitrogen and oxygen atoms in total. The van der Waals surface area contributed by atoms with Crippen molar-refractivity contribution in [3.63, 3.8) is 0 Å².